The lowest BCUT2D eigenvalue weighted by molar-refractivity contribution is -0.0640. The molecule has 1 aliphatic heterocycles. The number of hydrogen-bond acceptors (Lipinski definition) is 3. The van der Waals surface area contributed by atoms with E-state index in [9.17, 15) is 17.2 Å². The van der Waals surface area contributed by atoms with E-state index in [2.05, 4.69) is 0 Å². The van der Waals surface area contributed by atoms with E-state index in [4.69, 9.17) is 16.3 Å². The Hall–Kier alpha value is -0.760. The van der Waals surface area contributed by atoms with Gasteiger partial charge in [-0.2, -0.15) is 4.31 Å². The first-order chi connectivity index (χ1) is 9.67. The maximum atomic E-state index is 13.9. The molecule has 0 N–H and O–H groups in total. The van der Waals surface area contributed by atoms with Crippen molar-refractivity contribution in [3.8, 4) is 0 Å². The standard InChI is InChI=1S/C13H16ClF2NO3S/c1-13(2)8-17(3-4-20-13)21(18,19)11-6-9(7-14)5-10(15)12(11)16/h5-6H,3-4,7-8H2,1-2H3. The van der Waals surface area contributed by atoms with Crippen LogP contribution in [0.1, 0.15) is 19.4 Å². The second-order valence-electron chi connectivity index (χ2n) is 5.47. The fourth-order valence-corrected chi connectivity index (χ4v) is 4.05. The molecule has 0 unspecified atom stereocenters. The van der Waals surface area contributed by atoms with E-state index >= 15 is 0 Å². The Morgan fingerprint density at radius 3 is 2.62 bits per heavy atom. The molecule has 1 heterocycles. The third-order valence-corrected chi connectivity index (χ3v) is 5.37. The normalized spacial score (nSPS) is 19.7. The van der Waals surface area contributed by atoms with Gasteiger partial charge in [-0.1, -0.05) is 0 Å². The van der Waals surface area contributed by atoms with Crippen LogP contribution in [-0.4, -0.2) is 38.0 Å². The highest BCUT2D eigenvalue weighted by molar-refractivity contribution is 7.89. The molecule has 1 aromatic rings. The molecule has 2 rings (SSSR count). The van der Waals surface area contributed by atoms with E-state index in [1.807, 2.05) is 0 Å². The van der Waals surface area contributed by atoms with Crippen molar-refractivity contribution in [2.45, 2.75) is 30.2 Å². The summed E-state index contributed by atoms with van der Waals surface area (Å²) in [7, 11) is -4.14. The molecule has 1 aromatic carbocycles. The molecule has 0 spiro atoms. The molecule has 21 heavy (non-hydrogen) atoms. The van der Waals surface area contributed by atoms with Crippen molar-refractivity contribution in [2.75, 3.05) is 19.7 Å². The summed E-state index contributed by atoms with van der Waals surface area (Å²) in [4.78, 5) is -0.684. The number of benzene rings is 1. The van der Waals surface area contributed by atoms with Crippen LogP contribution in [0.4, 0.5) is 8.78 Å². The predicted molar refractivity (Wildman–Crippen MR) is 74.7 cm³/mol. The molecule has 8 heteroatoms. The number of rotatable bonds is 3. The molecule has 1 saturated heterocycles. The van der Waals surface area contributed by atoms with Gasteiger partial charge in [0.1, 0.15) is 4.90 Å². The number of alkyl halides is 1. The summed E-state index contributed by atoms with van der Waals surface area (Å²) in [5.41, 5.74) is -0.466. The zero-order valence-electron chi connectivity index (χ0n) is 11.7. The Morgan fingerprint density at radius 1 is 1.38 bits per heavy atom. The van der Waals surface area contributed by atoms with Crippen molar-refractivity contribution >= 4 is 21.6 Å². The Labute approximate surface area is 127 Å². The van der Waals surface area contributed by atoms with Crippen LogP contribution in [0.3, 0.4) is 0 Å². The van der Waals surface area contributed by atoms with E-state index in [1.165, 1.54) is 0 Å². The van der Waals surface area contributed by atoms with Gasteiger partial charge >= 0.3 is 0 Å². The van der Waals surface area contributed by atoms with E-state index < -0.39 is 32.2 Å². The van der Waals surface area contributed by atoms with Crippen molar-refractivity contribution in [2.24, 2.45) is 0 Å². The smallest absolute Gasteiger partial charge is 0.246 e. The number of halogens is 3. The molecule has 118 valence electrons. The van der Waals surface area contributed by atoms with E-state index in [1.54, 1.807) is 13.8 Å². The summed E-state index contributed by atoms with van der Waals surface area (Å²) >= 11 is 5.59. The first kappa shape index (κ1) is 16.6. The van der Waals surface area contributed by atoms with Gasteiger partial charge in [0.25, 0.3) is 0 Å². The quantitative estimate of drug-likeness (QED) is 0.795. The number of nitrogens with zero attached hydrogens (tertiary/aromatic N) is 1. The molecule has 0 radical (unpaired) electrons. The summed E-state index contributed by atoms with van der Waals surface area (Å²) in [6, 6.07) is 1.97. The fraction of sp³-hybridized carbons (Fsp3) is 0.538. The van der Waals surface area contributed by atoms with Crippen molar-refractivity contribution in [1.29, 1.82) is 0 Å². The maximum Gasteiger partial charge on any atom is 0.246 e. The van der Waals surface area contributed by atoms with Crippen LogP contribution in [-0.2, 0) is 20.6 Å². The molecular formula is C13H16ClF2NO3S. The third-order valence-electron chi connectivity index (χ3n) is 3.22. The lowest BCUT2D eigenvalue weighted by Gasteiger charge is -2.37. The first-order valence-electron chi connectivity index (χ1n) is 6.35. The van der Waals surface area contributed by atoms with E-state index in [0.29, 0.717) is 0 Å². The SMILES string of the molecule is CC1(C)CN(S(=O)(=O)c2cc(CCl)cc(F)c2F)CCO1. The second kappa shape index (κ2) is 5.79. The number of hydrogen-bond donors (Lipinski definition) is 0. The molecule has 0 amide bonds. The minimum atomic E-state index is -4.14. The van der Waals surface area contributed by atoms with Gasteiger partial charge in [0.2, 0.25) is 10.0 Å². The van der Waals surface area contributed by atoms with Crippen LogP contribution in [0.5, 0.6) is 0 Å². The summed E-state index contributed by atoms with van der Waals surface area (Å²) in [6.07, 6.45) is 0. The predicted octanol–water partition coefficient (Wildman–Crippen LogP) is 2.50. The van der Waals surface area contributed by atoms with Crippen LogP contribution in [0.2, 0.25) is 0 Å². The summed E-state index contributed by atoms with van der Waals surface area (Å²) in [5, 5.41) is 0. The van der Waals surface area contributed by atoms with Gasteiger partial charge < -0.3 is 4.74 Å². The topological polar surface area (TPSA) is 46.6 Å². The highest BCUT2D eigenvalue weighted by Gasteiger charge is 2.36. The Bertz CT molecular complexity index is 649. The zero-order valence-corrected chi connectivity index (χ0v) is 13.3. The largest absolute Gasteiger partial charge is 0.373 e. The fourth-order valence-electron chi connectivity index (χ4n) is 2.20. The van der Waals surface area contributed by atoms with Gasteiger partial charge in [-0.3, -0.25) is 0 Å². The second-order valence-corrected chi connectivity index (χ2v) is 7.64. The van der Waals surface area contributed by atoms with Crippen LogP contribution in [0, 0.1) is 11.6 Å². The van der Waals surface area contributed by atoms with Gasteiger partial charge in [0, 0.05) is 19.0 Å². The summed E-state index contributed by atoms with van der Waals surface area (Å²) in [6.45, 7) is 3.84. The molecule has 4 nitrogen and oxygen atoms in total. The van der Waals surface area contributed by atoms with Crippen molar-refractivity contribution in [3.63, 3.8) is 0 Å². The van der Waals surface area contributed by atoms with Crippen LogP contribution in [0.25, 0.3) is 0 Å². The number of sulfonamides is 1. The highest BCUT2D eigenvalue weighted by Crippen LogP contribution is 2.27. The average Bonchev–Trinajstić information content (AvgIpc) is 2.40. The molecule has 0 aliphatic carbocycles. The molecule has 1 aliphatic rings. The molecule has 1 fully saturated rings. The highest BCUT2D eigenvalue weighted by atomic mass is 35.5. The lowest BCUT2D eigenvalue weighted by Crippen LogP contribution is -2.50. The average molecular weight is 340 g/mol. The zero-order chi connectivity index (χ0) is 15.8. The first-order valence-corrected chi connectivity index (χ1v) is 8.33. The van der Waals surface area contributed by atoms with Crippen molar-refractivity contribution in [1.82, 2.24) is 4.31 Å². The maximum absolute atomic E-state index is 13.9. The van der Waals surface area contributed by atoms with Gasteiger partial charge in [-0.05, 0) is 31.5 Å². The Morgan fingerprint density at radius 2 is 2.05 bits per heavy atom. The van der Waals surface area contributed by atoms with Crippen LogP contribution < -0.4 is 0 Å². The van der Waals surface area contributed by atoms with Crippen molar-refractivity contribution < 1.29 is 21.9 Å². The Kier molecular flexibility index (Phi) is 4.58. The number of morpholine rings is 1. The molecular weight excluding hydrogens is 324 g/mol. The van der Waals surface area contributed by atoms with Gasteiger partial charge in [-0.15, -0.1) is 11.6 Å². The third kappa shape index (κ3) is 3.36. The monoisotopic (exact) mass is 339 g/mol. The minimum absolute atomic E-state index is 0.0709. The lowest BCUT2D eigenvalue weighted by atomic mass is 10.1. The number of ether oxygens (including phenoxy) is 1. The Balaban J connectivity index is 2.47. The molecule has 0 aromatic heterocycles. The van der Waals surface area contributed by atoms with Gasteiger partial charge in [-0.25, -0.2) is 17.2 Å². The van der Waals surface area contributed by atoms with Gasteiger partial charge in [0.15, 0.2) is 11.6 Å². The van der Waals surface area contributed by atoms with Crippen LogP contribution in [0.15, 0.2) is 17.0 Å². The summed E-state index contributed by atoms with van der Waals surface area (Å²) < 4.78 is 59.0. The molecule has 0 saturated carbocycles. The van der Waals surface area contributed by atoms with Gasteiger partial charge in [0.05, 0.1) is 12.2 Å². The minimum Gasteiger partial charge on any atom is -0.373 e. The summed E-state index contributed by atoms with van der Waals surface area (Å²) in [5.74, 6) is -2.71. The van der Waals surface area contributed by atoms with Crippen LogP contribution >= 0.6 is 11.6 Å². The van der Waals surface area contributed by atoms with E-state index in [-0.39, 0.29) is 31.1 Å². The van der Waals surface area contributed by atoms with Crippen molar-refractivity contribution in [3.05, 3.63) is 29.3 Å². The molecule has 0 atom stereocenters. The van der Waals surface area contributed by atoms with E-state index in [0.717, 1.165) is 16.4 Å². The molecule has 0 bridgehead atoms.